The van der Waals surface area contributed by atoms with Crippen LogP contribution in [0.5, 0.6) is 0 Å². The van der Waals surface area contributed by atoms with E-state index in [-0.39, 0.29) is 5.28 Å². The lowest BCUT2D eigenvalue weighted by Crippen LogP contribution is -2.09. The van der Waals surface area contributed by atoms with Crippen LogP contribution in [0.3, 0.4) is 0 Å². The van der Waals surface area contributed by atoms with E-state index < -0.39 is 0 Å². The Labute approximate surface area is 263 Å². The molecular formula is C39H24ClN5. The first-order valence-electron chi connectivity index (χ1n) is 14.8. The Hall–Kier alpha value is -5.78. The molecule has 3 aromatic heterocycles. The third kappa shape index (κ3) is 4.13. The summed E-state index contributed by atoms with van der Waals surface area (Å²) in [7, 11) is 0. The lowest BCUT2D eigenvalue weighted by Gasteiger charge is -2.11. The van der Waals surface area contributed by atoms with Crippen LogP contribution in [-0.2, 0) is 0 Å². The number of para-hydroxylation sites is 2. The number of hydrogen-bond donors (Lipinski definition) is 0. The Balaban J connectivity index is 1.28. The molecule has 0 spiro atoms. The highest BCUT2D eigenvalue weighted by Gasteiger charge is 2.20. The van der Waals surface area contributed by atoms with E-state index in [1.165, 1.54) is 11.1 Å². The summed E-state index contributed by atoms with van der Waals surface area (Å²) in [5.41, 5.74) is 8.65. The van der Waals surface area contributed by atoms with Gasteiger partial charge in [0, 0.05) is 21.5 Å². The second-order valence-corrected chi connectivity index (χ2v) is 11.4. The molecule has 45 heavy (non-hydrogen) atoms. The second kappa shape index (κ2) is 10.2. The molecule has 0 radical (unpaired) electrons. The van der Waals surface area contributed by atoms with Crippen molar-refractivity contribution >= 4 is 55.2 Å². The van der Waals surface area contributed by atoms with Crippen LogP contribution in [0.15, 0.2) is 146 Å². The van der Waals surface area contributed by atoms with Gasteiger partial charge in [-0.15, -0.1) is 0 Å². The fourth-order valence-corrected chi connectivity index (χ4v) is 6.68. The fourth-order valence-electron chi connectivity index (χ4n) is 6.53. The Bertz CT molecular complexity index is 2370. The Morgan fingerprint density at radius 2 is 0.756 bits per heavy atom. The molecule has 0 saturated heterocycles. The van der Waals surface area contributed by atoms with Gasteiger partial charge in [0.15, 0.2) is 0 Å². The van der Waals surface area contributed by atoms with Crippen molar-refractivity contribution in [2.24, 2.45) is 0 Å². The van der Waals surface area contributed by atoms with Gasteiger partial charge in [-0.1, -0.05) is 109 Å². The first-order valence-corrected chi connectivity index (χ1v) is 15.2. The zero-order valence-electron chi connectivity index (χ0n) is 24.0. The van der Waals surface area contributed by atoms with E-state index in [1.54, 1.807) is 0 Å². The van der Waals surface area contributed by atoms with Gasteiger partial charge in [-0.25, -0.2) is 0 Å². The highest BCUT2D eigenvalue weighted by Crippen LogP contribution is 2.36. The highest BCUT2D eigenvalue weighted by atomic mass is 35.5. The molecule has 6 aromatic carbocycles. The number of rotatable bonds is 4. The van der Waals surface area contributed by atoms with Crippen molar-refractivity contribution in [2.75, 3.05) is 0 Å². The minimum atomic E-state index is 0.133. The average Bonchev–Trinajstić information content (AvgIpc) is 3.61. The predicted molar refractivity (Wildman–Crippen MR) is 184 cm³/mol. The first kappa shape index (κ1) is 25.7. The topological polar surface area (TPSA) is 48.5 Å². The lowest BCUT2D eigenvalue weighted by atomic mass is 10.0. The number of benzene rings is 6. The van der Waals surface area contributed by atoms with Gasteiger partial charge in [0.05, 0.1) is 22.1 Å². The predicted octanol–water partition coefficient (Wildman–Crippen LogP) is 10.1. The molecular weight excluding hydrogens is 574 g/mol. The van der Waals surface area contributed by atoms with E-state index in [4.69, 9.17) is 16.6 Å². The monoisotopic (exact) mass is 597 g/mol. The summed E-state index contributed by atoms with van der Waals surface area (Å²) in [6, 6.07) is 50.6. The Morgan fingerprint density at radius 1 is 0.356 bits per heavy atom. The molecule has 0 unspecified atom stereocenters. The molecule has 9 rings (SSSR count). The lowest BCUT2D eigenvalue weighted by molar-refractivity contribution is 0.887. The molecule has 0 bridgehead atoms. The maximum Gasteiger partial charge on any atom is 0.240 e. The van der Waals surface area contributed by atoms with Crippen LogP contribution in [0.4, 0.5) is 0 Å². The largest absolute Gasteiger partial charge is 0.278 e. The van der Waals surface area contributed by atoms with Gasteiger partial charge in [-0.2, -0.15) is 15.0 Å². The molecule has 5 nitrogen and oxygen atoms in total. The minimum Gasteiger partial charge on any atom is -0.278 e. The number of hydrogen-bond acceptors (Lipinski definition) is 3. The second-order valence-electron chi connectivity index (χ2n) is 11.1. The van der Waals surface area contributed by atoms with E-state index in [0.29, 0.717) is 11.9 Å². The Morgan fingerprint density at radius 3 is 1.22 bits per heavy atom. The number of halogens is 1. The van der Waals surface area contributed by atoms with Gasteiger partial charge in [0.2, 0.25) is 17.2 Å². The van der Waals surface area contributed by atoms with Crippen LogP contribution in [-0.4, -0.2) is 24.1 Å². The van der Waals surface area contributed by atoms with Gasteiger partial charge in [0.25, 0.3) is 0 Å². The zero-order valence-corrected chi connectivity index (χ0v) is 24.7. The summed E-state index contributed by atoms with van der Waals surface area (Å²) in [5.74, 6) is 0.936. The SMILES string of the molecule is Clc1nc(-n2c3ccccc3c3cc(-c4ccccc4)ccc32)nc(-n2c3ccccc3c3cc(-c4ccccc4)ccc32)n1. The smallest absolute Gasteiger partial charge is 0.240 e. The number of nitrogens with zero attached hydrogens (tertiary/aromatic N) is 5. The molecule has 3 heterocycles. The average molecular weight is 598 g/mol. The van der Waals surface area contributed by atoms with Crippen LogP contribution in [0, 0.1) is 0 Å². The van der Waals surface area contributed by atoms with Gasteiger partial charge >= 0.3 is 0 Å². The first-order chi connectivity index (χ1) is 22.2. The molecule has 9 aromatic rings. The third-order valence-corrected chi connectivity index (χ3v) is 8.71. The van der Waals surface area contributed by atoms with Crippen molar-refractivity contribution in [1.82, 2.24) is 24.1 Å². The van der Waals surface area contributed by atoms with E-state index >= 15 is 0 Å². The van der Waals surface area contributed by atoms with E-state index in [1.807, 2.05) is 24.3 Å². The summed E-state index contributed by atoms with van der Waals surface area (Å²) in [5, 5.41) is 4.61. The zero-order chi connectivity index (χ0) is 29.9. The molecule has 212 valence electrons. The summed E-state index contributed by atoms with van der Waals surface area (Å²) in [4.78, 5) is 14.4. The highest BCUT2D eigenvalue weighted by molar-refractivity contribution is 6.28. The normalized spacial score (nSPS) is 11.7. The van der Waals surface area contributed by atoms with Crippen LogP contribution >= 0.6 is 11.6 Å². The van der Waals surface area contributed by atoms with Gasteiger partial charge in [-0.05, 0) is 70.3 Å². The Kier molecular flexibility index (Phi) is 5.80. The van der Waals surface area contributed by atoms with E-state index in [0.717, 1.165) is 54.7 Å². The van der Waals surface area contributed by atoms with Crippen molar-refractivity contribution in [3.05, 3.63) is 151 Å². The van der Waals surface area contributed by atoms with Crippen LogP contribution < -0.4 is 0 Å². The van der Waals surface area contributed by atoms with Crippen molar-refractivity contribution in [3.8, 4) is 34.2 Å². The van der Waals surface area contributed by atoms with Gasteiger partial charge in [0.1, 0.15) is 0 Å². The van der Waals surface area contributed by atoms with Crippen molar-refractivity contribution < 1.29 is 0 Å². The molecule has 0 aliphatic carbocycles. The number of aromatic nitrogens is 5. The summed E-state index contributed by atoms with van der Waals surface area (Å²) < 4.78 is 4.16. The quantitative estimate of drug-likeness (QED) is 0.203. The molecule has 0 aliphatic heterocycles. The van der Waals surface area contributed by atoms with E-state index in [2.05, 4.69) is 140 Å². The van der Waals surface area contributed by atoms with Crippen molar-refractivity contribution in [2.45, 2.75) is 0 Å². The molecule has 6 heteroatoms. The molecule has 0 N–H and O–H groups in total. The van der Waals surface area contributed by atoms with Gasteiger partial charge in [-0.3, -0.25) is 9.13 Å². The summed E-state index contributed by atoms with van der Waals surface area (Å²) in [6.07, 6.45) is 0. The van der Waals surface area contributed by atoms with Crippen LogP contribution in [0.1, 0.15) is 0 Å². The van der Waals surface area contributed by atoms with Crippen LogP contribution in [0.2, 0.25) is 5.28 Å². The van der Waals surface area contributed by atoms with Crippen molar-refractivity contribution in [3.63, 3.8) is 0 Å². The van der Waals surface area contributed by atoms with Gasteiger partial charge < -0.3 is 0 Å². The minimum absolute atomic E-state index is 0.133. The summed E-state index contributed by atoms with van der Waals surface area (Å²) >= 11 is 6.71. The maximum atomic E-state index is 6.71. The summed E-state index contributed by atoms with van der Waals surface area (Å²) in [6.45, 7) is 0. The molecule has 0 saturated carbocycles. The van der Waals surface area contributed by atoms with E-state index in [9.17, 15) is 0 Å². The van der Waals surface area contributed by atoms with Crippen molar-refractivity contribution in [1.29, 1.82) is 0 Å². The standard InChI is InChI=1S/C39H24ClN5/c40-37-41-38(44-33-17-9-7-15-29(33)31-23-27(19-21-35(31)44)25-11-3-1-4-12-25)43-39(42-37)45-34-18-10-8-16-30(34)32-24-28(20-22-36(32)45)26-13-5-2-6-14-26/h1-24H. The molecule has 0 atom stereocenters. The molecule has 0 amide bonds. The molecule has 0 fully saturated rings. The maximum absolute atomic E-state index is 6.71. The number of fused-ring (bicyclic) bond motifs is 6. The van der Waals surface area contributed by atoms with Crippen LogP contribution in [0.25, 0.3) is 77.8 Å². The fraction of sp³-hybridized carbons (Fsp3) is 0. The third-order valence-electron chi connectivity index (χ3n) is 8.54. The molecule has 0 aliphatic rings.